The van der Waals surface area contributed by atoms with Crippen LogP contribution in [0.1, 0.15) is 32.6 Å². The summed E-state index contributed by atoms with van der Waals surface area (Å²) in [4.78, 5) is 17.2. The van der Waals surface area contributed by atoms with Crippen LogP contribution in [0.25, 0.3) is 0 Å². The van der Waals surface area contributed by atoms with E-state index in [1.165, 1.54) is 25.7 Å². The van der Waals surface area contributed by atoms with Crippen LogP contribution in [0.2, 0.25) is 0 Å². The Morgan fingerprint density at radius 2 is 1.52 bits per heavy atom. The summed E-state index contributed by atoms with van der Waals surface area (Å²) in [7, 11) is 1.57. The van der Waals surface area contributed by atoms with Gasteiger partial charge in [-0.2, -0.15) is 0 Å². The lowest BCUT2D eigenvalue weighted by Crippen LogP contribution is -2.30. The lowest BCUT2D eigenvalue weighted by atomic mass is 10.1. The van der Waals surface area contributed by atoms with Crippen LogP contribution in [0.3, 0.4) is 0 Å². The summed E-state index contributed by atoms with van der Waals surface area (Å²) in [6.45, 7) is 6.03. The van der Waals surface area contributed by atoms with Crippen molar-refractivity contribution in [2.75, 3.05) is 48.4 Å². The minimum Gasteiger partial charge on any atom is -0.372 e. The quantitative estimate of drug-likeness (QED) is 0.907. The topological polar surface area (TPSA) is 44.8 Å². The van der Waals surface area contributed by atoms with Crippen molar-refractivity contribution in [1.82, 2.24) is 0 Å². The smallest absolute Gasteiger partial charge is 0.253 e. The van der Waals surface area contributed by atoms with E-state index in [4.69, 9.17) is 4.74 Å². The van der Waals surface area contributed by atoms with E-state index in [1.54, 1.807) is 14.0 Å². The zero-order valence-corrected chi connectivity index (χ0v) is 14.2. The summed E-state index contributed by atoms with van der Waals surface area (Å²) in [6.07, 6.45) is 4.42. The number of carbonyl (C=O) groups excluding carboxylic acids is 1. The molecule has 1 aromatic carbocycles. The second-order valence-electron chi connectivity index (χ2n) is 6.43. The van der Waals surface area contributed by atoms with Crippen LogP contribution in [0.4, 0.5) is 17.1 Å². The largest absolute Gasteiger partial charge is 0.372 e. The number of amides is 1. The van der Waals surface area contributed by atoms with E-state index >= 15 is 0 Å². The third kappa shape index (κ3) is 3.44. The summed E-state index contributed by atoms with van der Waals surface area (Å²) >= 11 is 0. The predicted molar refractivity (Wildman–Crippen MR) is 94.4 cm³/mol. The van der Waals surface area contributed by atoms with Gasteiger partial charge in [0, 0.05) is 33.3 Å². The molecule has 5 nitrogen and oxygen atoms in total. The molecule has 0 bridgehead atoms. The van der Waals surface area contributed by atoms with Gasteiger partial charge in [0.1, 0.15) is 6.10 Å². The van der Waals surface area contributed by atoms with Crippen LogP contribution in [-0.2, 0) is 9.53 Å². The average molecular weight is 317 g/mol. The number of nitrogens with one attached hydrogen (secondary N) is 1. The van der Waals surface area contributed by atoms with Crippen molar-refractivity contribution in [2.45, 2.75) is 38.7 Å². The van der Waals surface area contributed by atoms with E-state index in [0.717, 1.165) is 43.2 Å². The Morgan fingerprint density at radius 1 is 1.04 bits per heavy atom. The molecular formula is C18H27N3O2. The van der Waals surface area contributed by atoms with Crippen molar-refractivity contribution in [3.63, 3.8) is 0 Å². The Bertz CT molecular complexity index is 515. The van der Waals surface area contributed by atoms with E-state index in [-0.39, 0.29) is 5.91 Å². The number of hydrogen-bond donors (Lipinski definition) is 1. The molecular weight excluding hydrogens is 290 g/mol. The van der Waals surface area contributed by atoms with Crippen molar-refractivity contribution >= 4 is 23.0 Å². The molecule has 1 amide bonds. The van der Waals surface area contributed by atoms with Gasteiger partial charge in [-0.25, -0.2) is 0 Å². The number of anilines is 3. The molecule has 0 aromatic heterocycles. The zero-order chi connectivity index (χ0) is 16.2. The number of nitrogens with zero attached hydrogens (tertiary/aromatic N) is 2. The van der Waals surface area contributed by atoms with Crippen molar-refractivity contribution in [1.29, 1.82) is 0 Å². The highest BCUT2D eigenvalue weighted by Crippen LogP contribution is 2.38. The molecule has 0 radical (unpaired) electrons. The van der Waals surface area contributed by atoms with Crippen molar-refractivity contribution in [3.05, 3.63) is 18.2 Å². The first kappa shape index (κ1) is 16.1. The minimum atomic E-state index is -0.451. The van der Waals surface area contributed by atoms with Gasteiger partial charge in [0.25, 0.3) is 5.91 Å². The van der Waals surface area contributed by atoms with Gasteiger partial charge in [-0.3, -0.25) is 4.79 Å². The third-order valence-electron chi connectivity index (χ3n) is 4.88. The van der Waals surface area contributed by atoms with Gasteiger partial charge in [-0.05, 0) is 44.7 Å². The fourth-order valence-corrected chi connectivity index (χ4v) is 3.43. The van der Waals surface area contributed by atoms with Gasteiger partial charge in [-0.1, -0.05) is 6.07 Å². The van der Waals surface area contributed by atoms with Crippen LogP contribution < -0.4 is 15.1 Å². The van der Waals surface area contributed by atoms with E-state index in [0.29, 0.717) is 0 Å². The molecule has 2 fully saturated rings. The highest BCUT2D eigenvalue weighted by atomic mass is 16.5. The summed E-state index contributed by atoms with van der Waals surface area (Å²) in [5.41, 5.74) is 3.23. The van der Waals surface area contributed by atoms with E-state index < -0.39 is 6.10 Å². The van der Waals surface area contributed by atoms with Gasteiger partial charge in [0.05, 0.1) is 17.1 Å². The zero-order valence-electron chi connectivity index (χ0n) is 14.2. The maximum atomic E-state index is 12.4. The SMILES string of the molecule is CO[C@@H](C)C(=O)Nc1c(N2CCCC2)cccc1N1CCCC1. The summed E-state index contributed by atoms with van der Waals surface area (Å²) < 4.78 is 5.18. The number of carbonyl (C=O) groups is 1. The highest BCUT2D eigenvalue weighted by molar-refractivity contribution is 6.01. The van der Waals surface area contributed by atoms with Crippen LogP contribution >= 0.6 is 0 Å². The molecule has 1 N–H and O–H groups in total. The van der Waals surface area contributed by atoms with Gasteiger partial charge < -0.3 is 19.9 Å². The molecule has 2 saturated heterocycles. The fourth-order valence-electron chi connectivity index (χ4n) is 3.43. The Labute approximate surface area is 138 Å². The monoisotopic (exact) mass is 317 g/mol. The van der Waals surface area contributed by atoms with Crippen LogP contribution in [0.5, 0.6) is 0 Å². The summed E-state index contributed by atoms with van der Waals surface area (Å²) in [5, 5.41) is 3.14. The Morgan fingerprint density at radius 3 is 1.96 bits per heavy atom. The van der Waals surface area contributed by atoms with Gasteiger partial charge in [0.2, 0.25) is 0 Å². The van der Waals surface area contributed by atoms with Gasteiger partial charge >= 0.3 is 0 Å². The molecule has 23 heavy (non-hydrogen) atoms. The van der Waals surface area contributed by atoms with Crippen LogP contribution in [0, 0.1) is 0 Å². The summed E-state index contributed by atoms with van der Waals surface area (Å²) in [5.74, 6) is -0.0837. The first-order valence-corrected chi connectivity index (χ1v) is 8.67. The molecule has 0 spiro atoms. The Balaban J connectivity index is 1.94. The molecule has 126 valence electrons. The van der Waals surface area contributed by atoms with E-state index in [9.17, 15) is 4.79 Å². The van der Waals surface area contributed by atoms with Crippen LogP contribution in [0.15, 0.2) is 18.2 Å². The normalized spacial score (nSPS) is 19.2. The lowest BCUT2D eigenvalue weighted by molar-refractivity contribution is -0.124. The highest BCUT2D eigenvalue weighted by Gasteiger charge is 2.24. The number of hydrogen-bond acceptors (Lipinski definition) is 4. The second-order valence-corrected chi connectivity index (χ2v) is 6.43. The van der Waals surface area contributed by atoms with Gasteiger partial charge in [-0.15, -0.1) is 0 Å². The second kappa shape index (κ2) is 7.21. The Hall–Kier alpha value is -1.75. The summed E-state index contributed by atoms with van der Waals surface area (Å²) in [6, 6.07) is 6.35. The molecule has 0 saturated carbocycles. The molecule has 2 heterocycles. The standard InChI is InChI=1S/C18H27N3O2/c1-14(23-2)18(22)19-17-15(20-10-3-4-11-20)8-7-9-16(17)21-12-5-6-13-21/h7-9,14H,3-6,10-13H2,1-2H3,(H,19,22)/t14-/m0/s1. The van der Waals surface area contributed by atoms with Crippen molar-refractivity contribution < 1.29 is 9.53 Å². The average Bonchev–Trinajstić information content (AvgIpc) is 3.27. The number of benzene rings is 1. The molecule has 1 atom stereocenters. The first-order chi connectivity index (χ1) is 11.2. The third-order valence-corrected chi connectivity index (χ3v) is 4.88. The number of para-hydroxylation sites is 1. The predicted octanol–water partition coefficient (Wildman–Crippen LogP) is 2.86. The first-order valence-electron chi connectivity index (χ1n) is 8.67. The lowest BCUT2D eigenvalue weighted by Gasteiger charge is -2.28. The maximum Gasteiger partial charge on any atom is 0.253 e. The molecule has 3 rings (SSSR count). The van der Waals surface area contributed by atoms with Crippen molar-refractivity contribution in [2.24, 2.45) is 0 Å². The number of methoxy groups -OCH3 is 1. The molecule has 2 aliphatic heterocycles. The van der Waals surface area contributed by atoms with Crippen LogP contribution in [-0.4, -0.2) is 45.3 Å². The molecule has 2 aliphatic rings. The van der Waals surface area contributed by atoms with E-state index in [2.05, 4.69) is 33.3 Å². The molecule has 0 unspecified atom stereocenters. The van der Waals surface area contributed by atoms with Crippen molar-refractivity contribution in [3.8, 4) is 0 Å². The molecule has 0 aliphatic carbocycles. The molecule has 1 aromatic rings. The number of ether oxygens (including phenoxy) is 1. The fraction of sp³-hybridized carbons (Fsp3) is 0.611. The number of rotatable bonds is 5. The minimum absolute atomic E-state index is 0.0837. The molecule has 5 heteroatoms. The van der Waals surface area contributed by atoms with Gasteiger partial charge in [0.15, 0.2) is 0 Å². The van der Waals surface area contributed by atoms with E-state index in [1.807, 2.05) is 0 Å². The Kier molecular flexibility index (Phi) is 5.06. The maximum absolute atomic E-state index is 12.4.